The molecule has 1 aliphatic rings. The van der Waals surface area contributed by atoms with Crippen LogP contribution in [-0.4, -0.2) is 45.7 Å². The van der Waals surface area contributed by atoms with Crippen LogP contribution in [0.2, 0.25) is 0 Å². The van der Waals surface area contributed by atoms with E-state index in [1.54, 1.807) is 24.3 Å². The van der Waals surface area contributed by atoms with Gasteiger partial charge in [0.25, 0.3) is 5.56 Å². The molecule has 0 radical (unpaired) electrons. The quantitative estimate of drug-likeness (QED) is 0.705. The SMILES string of the molecule is O=C(CCCc1nc2ccccc2c(=O)[nH]1)NC1(C(=O)O)CCOC1. The van der Waals surface area contributed by atoms with Crippen molar-refractivity contribution in [3.8, 4) is 0 Å². The van der Waals surface area contributed by atoms with Gasteiger partial charge in [-0.25, -0.2) is 9.78 Å². The molecule has 8 heteroatoms. The summed E-state index contributed by atoms with van der Waals surface area (Å²) in [6.07, 6.45) is 1.27. The molecule has 1 aliphatic heterocycles. The van der Waals surface area contributed by atoms with Crippen LogP contribution in [0.25, 0.3) is 10.9 Å². The van der Waals surface area contributed by atoms with Crippen molar-refractivity contribution in [3.05, 3.63) is 40.4 Å². The van der Waals surface area contributed by atoms with Crippen molar-refractivity contribution in [2.75, 3.05) is 13.2 Å². The molecular weight excluding hydrogens is 326 g/mol. The molecule has 2 heterocycles. The Morgan fingerprint density at radius 3 is 2.88 bits per heavy atom. The number of fused-ring (bicyclic) bond motifs is 1. The predicted octanol–water partition coefficient (Wildman–Crippen LogP) is 0.606. The van der Waals surface area contributed by atoms with Crippen molar-refractivity contribution in [1.29, 1.82) is 0 Å². The van der Waals surface area contributed by atoms with E-state index < -0.39 is 11.5 Å². The zero-order valence-corrected chi connectivity index (χ0v) is 13.6. The van der Waals surface area contributed by atoms with E-state index >= 15 is 0 Å². The summed E-state index contributed by atoms with van der Waals surface area (Å²) in [7, 11) is 0. The monoisotopic (exact) mass is 345 g/mol. The van der Waals surface area contributed by atoms with Crippen LogP contribution in [0.1, 0.15) is 25.1 Å². The number of hydrogen-bond acceptors (Lipinski definition) is 5. The zero-order valence-electron chi connectivity index (χ0n) is 13.6. The standard InChI is InChI=1S/C17H19N3O5/c21-14(20-17(16(23)24)8-9-25-10-17)7-3-6-13-18-12-5-2-1-4-11(12)15(22)19-13/h1-2,4-5H,3,6-10H2,(H,20,21)(H,23,24)(H,18,19,22). The third-order valence-electron chi connectivity index (χ3n) is 4.29. The third kappa shape index (κ3) is 3.69. The second kappa shape index (κ2) is 7.02. The first-order valence-corrected chi connectivity index (χ1v) is 8.10. The number of H-pyrrole nitrogens is 1. The minimum Gasteiger partial charge on any atom is -0.479 e. The molecule has 2 aromatic rings. The summed E-state index contributed by atoms with van der Waals surface area (Å²) in [5.74, 6) is -0.927. The Balaban J connectivity index is 1.58. The average Bonchev–Trinajstić information content (AvgIpc) is 3.05. The van der Waals surface area contributed by atoms with Crippen LogP contribution in [0.5, 0.6) is 0 Å². The molecule has 1 amide bonds. The molecule has 1 unspecified atom stereocenters. The highest BCUT2D eigenvalue weighted by molar-refractivity contribution is 5.87. The van der Waals surface area contributed by atoms with E-state index in [-0.39, 0.29) is 30.9 Å². The summed E-state index contributed by atoms with van der Waals surface area (Å²) in [5.41, 5.74) is -0.927. The number of hydrogen-bond donors (Lipinski definition) is 3. The number of benzene rings is 1. The number of nitrogens with zero attached hydrogens (tertiary/aromatic N) is 1. The molecule has 0 bridgehead atoms. The van der Waals surface area contributed by atoms with E-state index in [0.717, 1.165) is 0 Å². The van der Waals surface area contributed by atoms with Gasteiger partial charge >= 0.3 is 5.97 Å². The minimum absolute atomic E-state index is 0.0202. The summed E-state index contributed by atoms with van der Waals surface area (Å²) < 4.78 is 5.11. The molecule has 1 saturated heterocycles. The Hall–Kier alpha value is -2.74. The predicted molar refractivity (Wildman–Crippen MR) is 89.2 cm³/mol. The van der Waals surface area contributed by atoms with Gasteiger partial charge in [-0.15, -0.1) is 0 Å². The van der Waals surface area contributed by atoms with Gasteiger partial charge in [-0.1, -0.05) is 12.1 Å². The molecule has 1 aromatic carbocycles. The molecular formula is C17H19N3O5. The Morgan fingerprint density at radius 2 is 2.16 bits per heavy atom. The largest absolute Gasteiger partial charge is 0.479 e. The Labute approximate surface area is 143 Å². The number of aromatic amines is 1. The number of aryl methyl sites for hydroxylation is 1. The van der Waals surface area contributed by atoms with Gasteiger partial charge in [0.05, 0.1) is 17.5 Å². The maximum Gasteiger partial charge on any atom is 0.331 e. The highest BCUT2D eigenvalue weighted by Gasteiger charge is 2.43. The van der Waals surface area contributed by atoms with Gasteiger partial charge in [-0.3, -0.25) is 9.59 Å². The molecule has 1 fully saturated rings. The lowest BCUT2D eigenvalue weighted by Crippen LogP contribution is -2.55. The molecule has 1 aromatic heterocycles. The lowest BCUT2D eigenvalue weighted by molar-refractivity contribution is -0.147. The van der Waals surface area contributed by atoms with Crippen LogP contribution in [0, 0.1) is 0 Å². The van der Waals surface area contributed by atoms with Crippen molar-refractivity contribution < 1.29 is 19.4 Å². The second-order valence-corrected chi connectivity index (χ2v) is 6.12. The number of aliphatic carboxylic acids is 1. The van der Waals surface area contributed by atoms with Gasteiger partial charge in [-0.05, 0) is 18.6 Å². The average molecular weight is 345 g/mol. The van der Waals surface area contributed by atoms with Gasteiger partial charge in [0.15, 0.2) is 5.54 Å². The Kier molecular flexibility index (Phi) is 4.80. The van der Waals surface area contributed by atoms with Crippen molar-refractivity contribution in [3.63, 3.8) is 0 Å². The molecule has 0 spiro atoms. The van der Waals surface area contributed by atoms with E-state index in [0.29, 0.717) is 36.2 Å². The number of amides is 1. The molecule has 8 nitrogen and oxygen atoms in total. The van der Waals surface area contributed by atoms with Gasteiger partial charge in [-0.2, -0.15) is 0 Å². The molecule has 0 saturated carbocycles. The maximum atomic E-state index is 12.1. The number of nitrogens with one attached hydrogen (secondary N) is 2. The topological polar surface area (TPSA) is 121 Å². The summed E-state index contributed by atoms with van der Waals surface area (Å²) in [6.45, 7) is 0.294. The molecule has 25 heavy (non-hydrogen) atoms. The van der Waals surface area contributed by atoms with Crippen molar-refractivity contribution >= 4 is 22.8 Å². The van der Waals surface area contributed by atoms with Gasteiger partial charge in [0.2, 0.25) is 5.91 Å². The number of para-hydroxylation sites is 1. The number of carboxylic acids is 1. The molecule has 132 valence electrons. The fourth-order valence-electron chi connectivity index (χ4n) is 2.88. The molecule has 3 rings (SSSR count). The number of carboxylic acid groups (broad SMARTS) is 1. The van der Waals surface area contributed by atoms with E-state index in [9.17, 15) is 19.5 Å². The van der Waals surface area contributed by atoms with Crippen LogP contribution in [0.4, 0.5) is 0 Å². The highest BCUT2D eigenvalue weighted by Crippen LogP contribution is 2.19. The van der Waals surface area contributed by atoms with Gasteiger partial charge in [0, 0.05) is 25.9 Å². The second-order valence-electron chi connectivity index (χ2n) is 6.12. The molecule has 0 aliphatic carbocycles. The first kappa shape index (κ1) is 17.1. The fraction of sp³-hybridized carbons (Fsp3) is 0.412. The van der Waals surface area contributed by atoms with Crippen LogP contribution in [0.15, 0.2) is 29.1 Å². The Bertz CT molecular complexity index is 855. The van der Waals surface area contributed by atoms with Crippen LogP contribution < -0.4 is 10.9 Å². The summed E-state index contributed by atoms with van der Waals surface area (Å²) in [5, 5.41) is 12.4. The Morgan fingerprint density at radius 1 is 1.36 bits per heavy atom. The lowest BCUT2D eigenvalue weighted by atomic mass is 9.98. The van der Waals surface area contributed by atoms with Crippen molar-refractivity contribution in [1.82, 2.24) is 15.3 Å². The summed E-state index contributed by atoms with van der Waals surface area (Å²) in [4.78, 5) is 42.5. The van der Waals surface area contributed by atoms with E-state index in [1.807, 2.05) is 0 Å². The number of carbonyl (C=O) groups excluding carboxylic acids is 1. The summed E-state index contributed by atoms with van der Waals surface area (Å²) in [6, 6.07) is 7.04. The normalized spacial score (nSPS) is 19.8. The smallest absolute Gasteiger partial charge is 0.331 e. The fourth-order valence-corrected chi connectivity index (χ4v) is 2.88. The van der Waals surface area contributed by atoms with Crippen LogP contribution in [-0.2, 0) is 20.7 Å². The summed E-state index contributed by atoms with van der Waals surface area (Å²) >= 11 is 0. The number of aromatic nitrogens is 2. The first-order chi connectivity index (χ1) is 12.0. The van der Waals surface area contributed by atoms with Crippen LogP contribution >= 0.6 is 0 Å². The number of carbonyl (C=O) groups is 2. The minimum atomic E-state index is -1.33. The maximum absolute atomic E-state index is 12.1. The van der Waals surface area contributed by atoms with Crippen LogP contribution in [0.3, 0.4) is 0 Å². The molecule has 1 atom stereocenters. The van der Waals surface area contributed by atoms with Gasteiger partial charge < -0.3 is 20.1 Å². The van der Waals surface area contributed by atoms with Gasteiger partial charge in [0.1, 0.15) is 5.82 Å². The highest BCUT2D eigenvalue weighted by atomic mass is 16.5. The van der Waals surface area contributed by atoms with Crippen molar-refractivity contribution in [2.45, 2.75) is 31.2 Å². The molecule has 3 N–H and O–H groups in total. The van der Waals surface area contributed by atoms with E-state index in [4.69, 9.17) is 4.74 Å². The van der Waals surface area contributed by atoms with E-state index in [2.05, 4.69) is 15.3 Å². The van der Waals surface area contributed by atoms with E-state index in [1.165, 1.54) is 0 Å². The number of ether oxygens (including phenoxy) is 1. The first-order valence-electron chi connectivity index (χ1n) is 8.10. The number of rotatable bonds is 6. The lowest BCUT2D eigenvalue weighted by Gasteiger charge is -2.23. The zero-order chi connectivity index (χ0) is 17.9. The van der Waals surface area contributed by atoms with Crippen molar-refractivity contribution in [2.24, 2.45) is 0 Å². The third-order valence-corrected chi connectivity index (χ3v) is 4.29.